The van der Waals surface area contributed by atoms with Gasteiger partial charge in [-0.1, -0.05) is 29.3 Å². The smallest absolute Gasteiger partial charge is 0.123 e. The molecule has 1 aliphatic rings. The highest BCUT2D eigenvalue weighted by Crippen LogP contribution is 2.28. The molecule has 2 N–H and O–H groups in total. The lowest BCUT2D eigenvalue weighted by Gasteiger charge is -2.17. The topological polar surface area (TPSA) is 35.2 Å². The lowest BCUT2D eigenvalue weighted by atomic mass is 10.00. The van der Waals surface area contributed by atoms with Gasteiger partial charge in [0.15, 0.2) is 0 Å². The standard InChI is InChI=1S/C14H16ClNO/c15-13-6-5-12-4-3-11(2-1-8-16)7-9-17-14(12)10-13/h1-2,5-6,8,10H,3-4,7,9,16H2/b8-1-,11-2+. The van der Waals surface area contributed by atoms with E-state index in [2.05, 4.69) is 6.08 Å². The molecule has 0 unspecified atom stereocenters. The third kappa shape index (κ3) is 3.27. The van der Waals surface area contributed by atoms with E-state index in [-0.39, 0.29) is 0 Å². The number of aryl methyl sites for hydroxylation is 1. The molecule has 2 rings (SSSR count). The van der Waals surface area contributed by atoms with E-state index in [1.54, 1.807) is 6.20 Å². The second-order valence-corrected chi connectivity index (χ2v) is 4.50. The second kappa shape index (κ2) is 5.78. The van der Waals surface area contributed by atoms with Crippen molar-refractivity contribution in [3.8, 4) is 5.75 Å². The molecular weight excluding hydrogens is 234 g/mol. The highest BCUT2D eigenvalue weighted by molar-refractivity contribution is 6.30. The number of ether oxygens (including phenoxy) is 1. The lowest BCUT2D eigenvalue weighted by molar-refractivity contribution is 0.312. The summed E-state index contributed by atoms with van der Waals surface area (Å²) in [4.78, 5) is 0. The van der Waals surface area contributed by atoms with Gasteiger partial charge < -0.3 is 10.5 Å². The minimum absolute atomic E-state index is 0.692. The van der Waals surface area contributed by atoms with Crippen molar-refractivity contribution >= 4 is 11.6 Å². The maximum absolute atomic E-state index is 5.95. The Kier molecular flexibility index (Phi) is 4.10. The van der Waals surface area contributed by atoms with Gasteiger partial charge in [-0.05, 0) is 42.8 Å². The Labute approximate surface area is 107 Å². The molecule has 1 aromatic carbocycles. The van der Waals surface area contributed by atoms with Crippen LogP contribution in [0.25, 0.3) is 0 Å². The fraction of sp³-hybridized carbons (Fsp3) is 0.286. The van der Waals surface area contributed by atoms with Crippen LogP contribution in [-0.4, -0.2) is 6.61 Å². The summed E-state index contributed by atoms with van der Waals surface area (Å²) in [6.07, 6.45) is 8.47. The van der Waals surface area contributed by atoms with Crippen LogP contribution in [0.15, 0.2) is 42.1 Å². The maximum Gasteiger partial charge on any atom is 0.123 e. The van der Waals surface area contributed by atoms with Crippen LogP contribution in [0.2, 0.25) is 5.02 Å². The molecule has 3 heteroatoms. The van der Waals surface area contributed by atoms with E-state index in [1.807, 2.05) is 24.3 Å². The van der Waals surface area contributed by atoms with Gasteiger partial charge in [0.05, 0.1) is 6.61 Å². The number of fused-ring (bicyclic) bond motifs is 1. The summed E-state index contributed by atoms with van der Waals surface area (Å²) in [5, 5.41) is 0.728. The second-order valence-electron chi connectivity index (χ2n) is 4.06. The first-order chi connectivity index (χ1) is 8.29. The number of benzene rings is 1. The Morgan fingerprint density at radius 2 is 2.12 bits per heavy atom. The third-order valence-corrected chi connectivity index (χ3v) is 3.10. The first-order valence-electron chi connectivity index (χ1n) is 5.77. The molecule has 1 aromatic rings. The Morgan fingerprint density at radius 1 is 1.24 bits per heavy atom. The monoisotopic (exact) mass is 249 g/mol. The average molecular weight is 250 g/mol. The first-order valence-corrected chi connectivity index (χ1v) is 6.15. The number of rotatable bonds is 1. The van der Waals surface area contributed by atoms with Crippen molar-refractivity contribution in [3.63, 3.8) is 0 Å². The van der Waals surface area contributed by atoms with Crippen molar-refractivity contribution in [1.29, 1.82) is 0 Å². The summed E-state index contributed by atoms with van der Waals surface area (Å²) in [6, 6.07) is 5.85. The van der Waals surface area contributed by atoms with E-state index in [0.29, 0.717) is 6.61 Å². The van der Waals surface area contributed by atoms with Crippen molar-refractivity contribution in [2.45, 2.75) is 19.3 Å². The molecular formula is C14H16ClNO. The first kappa shape index (κ1) is 12.1. The Hall–Kier alpha value is -1.41. The van der Waals surface area contributed by atoms with Gasteiger partial charge in [-0.25, -0.2) is 0 Å². The number of halogens is 1. The molecule has 0 saturated carbocycles. The SMILES string of the molecule is N/C=C\C=C1\CCOc2cc(Cl)ccc2CC1. The molecule has 2 nitrogen and oxygen atoms in total. The maximum atomic E-state index is 5.95. The highest BCUT2D eigenvalue weighted by Gasteiger charge is 2.10. The van der Waals surface area contributed by atoms with Crippen LogP contribution in [-0.2, 0) is 6.42 Å². The van der Waals surface area contributed by atoms with Crippen molar-refractivity contribution in [1.82, 2.24) is 0 Å². The van der Waals surface area contributed by atoms with Gasteiger partial charge in [-0.3, -0.25) is 0 Å². The zero-order valence-corrected chi connectivity index (χ0v) is 10.4. The molecule has 1 aliphatic heterocycles. The molecule has 0 atom stereocenters. The van der Waals surface area contributed by atoms with Crippen LogP contribution in [0.3, 0.4) is 0 Å². The van der Waals surface area contributed by atoms with Gasteiger partial charge in [0, 0.05) is 11.4 Å². The molecule has 0 spiro atoms. The fourth-order valence-corrected chi connectivity index (χ4v) is 2.10. The van der Waals surface area contributed by atoms with Crippen LogP contribution in [0.1, 0.15) is 18.4 Å². The summed E-state index contributed by atoms with van der Waals surface area (Å²) in [7, 11) is 0. The van der Waals surface area contributed by atoms with Crippen LogP contribution in [0.5, 0.6) is 5.75 Å². The largest absolute Gasteiger partial charge is 0.493 e. The zero-order chi connectivity index (χ0) is 12.1. The number of hydrogen-bond donors (Lipinski definition) is 1. The molecule has 0 aromatic heterocycles. The Balaban J connectivity index is 2.16. The highest BCUT2D eigenvalue weighted by atomic mass is 35.5. The summed E-state index contributed by atoms with van der Waals surface area (Å²) in [5.41, 5.74) is 7.92. The van der Waals surface area contributed by atoms with Crippen LogP contribution in [0.4, 0.5) is 0 Å². The van der Waals surface area contributed by atoms with Crippen LogP contribution < -0.4 is 10.5 Å². The van der Waals surface area contributed by atoms with Gasteiger partial charge in [-0.15, -0.1) is 0 Å². The quantitative estimate of drug-likeness (QED) is 0.827. The zero-order valence-electron chi connectivity index (χ0n) is 9.66. The molecule has 17 heavy (non-hydrogen) atoms. The molecule has 0 bridgehead atoms. The predicted octanol–water partition coefficient (Wildman–Crippen LogP) is 3.45. The molecule has 1 heterocycles. The van der Waals surface area contributed by atoms with Crippen molar-refractivity contribution in [2.24, 2.45) is 5.73 Å². The third-order valence-electron chi connectivity index (χ3n) is 2.87. The molecule has 0 saturated heterocycles. The molecule has 0 amide bonds. The van der Waals surface area contributed by atoms with E-state index in [1.165, 1.54) is 11.1 Å². The minimum atomic E-state index is 0.692. The van der Waals surface area contributed by atoms with Crippen molar-refractivity contribution in [3.05, 3.63) is 52.7 Å². The van der Waals surface area contributed by atoms with E-state index in [9.17, 15) is 0 Å². The van der Waals surface area contributed by atoms with Crippen LogP contribution in [0, 0.1) is 0 Å². The van der Waals surface area contributed by atoms with E-state index < -0.39 is 0 Å². The fourth-order valence-electron chi connectivity index (χ4n) is 1.94. The summed E-state index contributed by atoms with van der Waals surface area (Å²) in [6.45, 7) is 0.692. The van der Waals surface area contributed by atoms with Gasteiger partial charge >= 0.3 is 0 Å². The van der Waals surface area contributed by atoms with Gasteiger partial charge in [-0.2, -0.15) is 0 Å². The van der Waals surface area contributed by atoms with Crippen molar-refractivity contribution in [2.75, 3.05) is 6.61 Å². The Morgan fingerprint density at radius 3 is 2.94 bits per heavy atom. The molecule has 0 radical (unpaired) electrons. The van der Waals surface area contributed by atoms with Gasteiger partial charge in [0.25, 0.3) is 0 Å². The number of nitrogens with two attached hydrogens (primary N) is 1. The van der Waals surface area contributed by atoms with Crippen LogP contribution >= 0.6 is 11.6 Å². The van der Waals surface area contributed by atoms with Gasteiger partial charge in [0.2, 0.25) is 0 Å². The summed E-state index contributed by atoms with van der Waals surface area (Å²) >= 11 is 5.95. The van der Waals surface area contributed by atoms with E-state index in [4.69, 9.17) is 22.1 Å². The lowest BCUT2D eigenvalue weighted by Crippen LogP contribution is -2.06. The minimum Gasteiger partial charge on any atom is -0.493 e. The molecule has 0 aliphatic carbocycles. The van der Waals surface area contributed by atoms with E-state index >= 15 is 0 Å². The number of allylic oxidation sites excluding steroid dienone is 2. The summed E-state index contributed by atoms with van der Waals surface area (Å²) in [5.74, 6) is 0.922. The molecule has 90 valence electrons. The summed E-state index contributed by atoms with van der Waals surface area (Å²) < 4.78 is 5.74. The van der Waals surface area contributed by atoms with Gasteiger partial charge in [0.1, 0.15) is 5.75 Å². The van der Waals surface area contributed by atoms with Crippen molar-refractivity contribution < 1.29 is 4.74 Å². The number of hydrogen-bond acceptors (Lipinski definition) is 2. The average Bonchev–Trinajstić information content (AvgIpc) is 2.30. The van der Waals surface area contributed by atoms with E-state index in [0.717, 1.165) is 30.0 Å². The Bertz CT molecular complexity index is 452. The molecule has 0 fully saturated rings. The normalized spacial score (nSPS) is 18.5. The predicted molar refractivity (Wildman–Crippen MR) is 71.3 cm³/mol.